The zero-order chi connectivity index (χ0) is 26.0. The van der Waals surface area contributed by atoms with Gasteiger partial charge in [0.05, 0.1) is 47.0 Å². The van der Waals surface area contributed by atoms with Crippen molar-refractivity contribution in [3.8, 4) is 27.6 Å². The van der Waals surface area contributed by atoms with Gasteiger partial charge in [0.25, 0.3) is 5.91 Å². The van der Waals surface area contributed by atoms with Crippen LogP contribution in [-0.2, 0) is 4.79 Å². The summed E-state index contributed by atoms with van der Waals surface area (Å²) < 4.78 is 5.62. The van der Waals surface area contributed by atoms with Crippen LogP contribution in [0, 0.1) is 5.41 Å². The van der Waals surface area contributed by atoms with Crippen LogP contribution in [0.2, 0.25) is 0 Å². The number of hydrogen-bond acceptors (Lipinski definition) is 7. The largest absolute Gasteiger partial charge is 0.496 e. The second-order valence-electron chi connectivity index (χ2n) is 10.1. The van der Waals surface area contributed by atoms with Crippen LogP contribution in [-0.4, -0.2) is 60.0 Å². The number of hydrogen-bond donors (Lipinski definition) is 2. The van der Waals surface area contributed by atoms with E-state index in [1.165, 1.54) is 11.3 Å². The molecule has 1 aliphatic heterocycles. The molecule has 2 aliphatic rings. The van der Waals surface area contributed by atoms with Crippen LogP contribution in [0.5, 0.6) is 5.75 Å². The molecule has 2 amide bonds. The first kappa shape index (κ1) is 25.4. The van der Waals surface area contributed by atoms with Gasteiger partial charge in [0, 0.05) is 43.5 Å². The van der Waals surface area contributed by atoms with Gasteiger partial charge >= 0.3 is 0 Å². The molecule has 0 radical (unpaired) electrons. The van der Waals surface area contributed by atoms with Crippen molar-refractivity contribution < 1.29 is 14.3 Å². The molecule has 37 heavy (non-hydrogen) atoms. The number of ether oxygens (including phenoxy) is 1. The third kappa shape index (κ3) is 5.24. The van der Waals surface area contributed by atoms with Crippen LogP contribution < -0.4 is 15.4 Å². The van der Waals surface area contributed by atoms with E-state index in [0.29, 0.717) is 28.8 Å². The fourth-order valence-electron chi connectivity index (χ4n) is 5.08. The Bertz CT molecular complexity index is 1290. The normalized spacial score (nSPS) is 16.1. The van der Waals surface area contributed by atoms with Gasteiger partial charge in [0.15, 0.2) is 0 Å². The number of unbranched alkanes of at least 4 members (excludes halogenated alkanes) is 1. The van der Waals surface area contributed by atoms with Crippen molar-refractivity contribution in [2.45, 2.75) is 45.1 Å². The fourth-order valence-corrected chi connectivity index (χ4v) is 5.88. The standard InChI is InChI=1S/C28H33N5O3S/c1-4-5-6-26(34)31-19-10-25(37-15-19)23-14-29-13-22(32-23)18-7-8-21(24(9-18)36-3)27(35)33(2)20-11-28(12-20)16-30-17-28/h7-10,13-15,20,30H,4-6,11-12,16-17H2,1-3H3,(H,31,34). The smallest absolute Gasteiger partial charge is 0.257 e. The molecular weight excluding hydrogens is 486 g/mol. The summed E-state index contributed by atoms with van der Waals surface area (Å²) in [6.07, 6.45) is 7.90. The molecule has 8 nitrogen and oxygen atoms in total. The lowest BCUT2D eigenvalue weighted by atomic mass is 9.61. The number of benzene rings is 1. The number of nitrogens with zero attached hydrogens (tertiary/aromatic N) is 3. The Morgan fingerprint density at radius 2 is 2.00 bits per heavy atom. The first-order valence-corrected chi connectivity index (χ1v) is 13.7. The van der Waals surface area contributed by atoms with E-state index >= 15 is 0 Å². The highest BCUT2D eigenvalue weighted by Crippen LogP contribution is 2.46. The van der Waals surface area contributed by atoms with E-state index in [9.17, 15) is 9.59 Å². The molecule has 1 saturated carbocycles. The van der Waals surface area contributed by atoms with Gasteiger partial charge < -0.3 is 20.3 Å². The van der Waals surface area contributed by atoms with Crippen molar-refractivity contribution >= 4 is 28.8 Å². The van der Waals surface area contributed by atoms with Crippen LogP contribution in [0.25, 0.3) is 21.8 Å². The maximum absolute atomic E-state index is 13.3. The van der Waals surface area contributed by atoms with Gasteiger partial charge in [-0.1, -0.05) is 19.4 Å². The topological polar surface area (TPSA) is 96.5 Å². The van der Waals surface area contributed by atoms with Crippen molar-refractivity contribution in [1.82, 2.24) is 20.2 Å². The van der Waals surface area contributed by atoms with E-state index in [1.54, 1.807) is 19.5 Å². The fraction of sp³-hybridized carbons (Fsp3) is 0.429. The number of anilines is 1. The number of methoxy groups -OCH3 is 1. The second kappa shape index (κ2) is 10.6. The van der Waals surface area contributed by atoms with E-state index in [2.05, 4.69) is 22.5 Å². The Morgan fingerprint density at radius 1 is 1.22 bits per heavy atom. The lowest BCUT2D eigenvalue weighted by Crippen LogP contribution is -2.65. The predicted octanol–water partition coefficient (Wildman–Crippen LogP) is 4.83. The quantitative estimate of drug-likeness (QED) is 0.420. The molecule has 1 saturated heterocycles. The SMILES string of the molecule is CCCCC(=O)Nc1csc(-c2cncc(-c3ccc(C(=O)N(C)C4CC5(CNC5)C4)c(OC)c3)n2)c1. The molecule has 2 fully saturated rings. The number of carbonyl (C=O) groups excluding carboxylic acids is 2. The molecule has 3 aromatic rings. The van der Waals surface area contributed by atoms with Crippen LogP contribution in [0.15, 0.2) is 42.0 Å². The Balaban J connectivity index is 1.31. The summed E-state index contributed by atoms with van der Waals surface area (Å²) in [6.45, 7) is 4.19. The minimum Gasteiger partial charge on any atom is -0.496 e. The summed E-state index contributed by atoms with van der Waals surface area (Å²) in [5.74, 6) is 0.520. The first-order chi connectivity index (χ1) is 17.9. The van der Waals surface area contributed by atoms with Gasteiger partial charge in [-0.15, -0.1) is 11.3 Å². The van der Waals surface area contributed by atoms with E-state index in [1.807, 2.05) is 41.6 Å². The average Bonchev–Trinajstić information content (AvgIpc) is 3.33. The molecule has 2 N–H and O–H groups in total. The Labute approximate surface area is 221 Å². The predicted molar refractivity (Wildman–Crippen MR) is 146 cm³/mol. The zero-order valence-electron chi connectivity index (χ0n) is 21.5. The highest BCUT2D eigenvalue weighted by Gasteiger charge is 2.50. The molecule has 3 heterocycles. The Hall–Kier alpha value is -3.30. The molecule has 0 bridgehead atoms. The average molecular weight is 520 g/mol. The van der Waals surface area contributed by atoms with Gasteiger partial charge in [-0.2, -0.15) is 0 Å². The van der Waals surface area contributed by atoms with E-state index in [-0.39, 0.29) is 17.9 Å². The second-order valence-corrected chi connectivity index (χ2v) is 11.0. The number of rotatable bonds is 9. The van der Waals surface area contributed by atoms with Gasteiger partial charge in [-0.25, -0.2) is 4.98 Å². The maximum atomic E-state index is 13.3. The molecule has 1 spiro atoms. The van der Waals surface area contributed by atoms with Crippen molar-refractivity contribution in [1.29, 1.82) is 0 Å². The summed E-state index contributed by atoms with van der Waals surface area (Å²) in [5, 5.41) is 8.21. The van der Waals surface area contributed by atoms with Gasteiger partial charge in [0.1, 0.15) is 5.75 Å². The van der Waals surface area contributed by atoms with Crippen molar-refractivity contribution in [3.63, 3.8) is 0 Å². The summed E-state index contributed by atoms with van der Waals surface area (Å²) in [6, 6.07) is 7.75. The molecule has 0 unspecified atom stereocenters. The monoisotopic (exact) mass is 519 g/mol. The van der Waals surface area contributed by atoms with Crippen LogP contribution in [0.1, 0.15) is 49.4 Å². The molecule has 1 aromatic carbocycles. The van der Waals surface area contributed by atoms with Gasteiger partial charge in [-0.3, -0.25) is 14.6 Å². The number of aromatic nitrogens is 2. The molecular formula is C28H33N5O3S. The lowest BCUT2D eigenvalue weighted by Gasteiger charge is -2.56. The highest BCUT2D eigenvalue weighted by molar-refractivity contribution is 7.14. The molecule has 1 aliphatic carbocycles. The lowest BCUT2D eigenvalue weighted by molar-refractivity contribution is -0.116. The van der Waals surface area contributed by atoms with E-state index < -0.39 is 0 Å². The van der Waals surface area contributed by atoms with Gasteiger partial charge in [-0.05, 0) is 42.9 Å². The van der Waals surface area contributed by atoms with E-state index in [0.717, 1.165) is 60.6 Å². The highest BCUT2D eigenvalue weighted by atomic mass is 32.1. The molecule has 5 rings (SSSR count). The molecule has 9 heteroatoms. The number of carbonyl (C=O) groups is 2. The minimum atomic E-state index is -0.0255. The maximum Gasteiger partial charge on any atom is 0.257 e. The van der Waals surface area contributed by atoms with Crippen LogP contribution in [0.4, 0.5) is 5.69 Å². The van der Waals surface area contributed by atoms with Crippen LogP contribution >= 0.6 is 11.3 Å². The number of thiophene rings is 1. The number of nitrogens with one attached hydrogen (secondary N) is 2. The van der Waals surface area contributed by atoms with Crippen LogP contribution in [0.3, 0.4) is 0 Å². The third-order valence-corrected chi connectivity index (χ3v) is 8.41. The number of amides is 2. The summed E-state index contributed by atoms with van der Waals surface area (Å²) in [7, 11) is 3.47. The first-order valence-electron chi connectivity index (χ1n) is 12.8. The zero-order valence-corrected chi connectivity index (χ0v) is 22.4. The Kier molecular flexibility index (Phi) is 7.26. The van der Waals surface area contributed by atoms with Crippen molar-refractivity contribution in [3.05, 3.63) is 47.6 Å². The Morgan fingerprint density at radius 3 is 2.70 bits per heavy atom. The molecule has 194 valence electrons. The third-order valence-electron chi connectivity index (χ3n) is 7.46. The van der Waals surface area contributed by atoms with Gasteiger partial charge in [0.2, 0.25) is 5.91 Å². The van der Waals surface area contributed by atoms with Crippen molar-refractivity contribution in [2.75, 3.05) is 32.6 Å². The summed E-state index contributed by atoms with van der Waals surface area (Å²) >= 11 is 1.51. The summed E-state index contributed by atoms with van der Waals surface area (Å²) in [5.41, 5.74) is 3.95. The molecule has 2 aromatic heterocycles. The molecule has 0 atom stereocenters. The van der Waals surface area contributed by atoms with E-state index in [4.69, 9.17) is 9.72 Å². The summed E-state index contributed by atoms with van der Waals surface area (Å²) in [4.78, 5) is 37.3. The van der Waals surface area contributed by atoms with Crippen molar-refractivity contribution in [2.24, 2.45) is 5.41 Å². The minimum absolute atomic E-state index is 0.0234.